The van der Waals surface area contributed by atoms with Gasteiger partial charge < -0.3 is 35.2 Å². The van der Waals surface area contributed by atoms with Crippen molar-refractivity contribution in [1.29, 1.82) is 0 Å². The number of benzene rings is 1. The van der Waals surface area contributed by atoms with E-state index in [0.717, 1.165) is 5.56 Å². The van der Waals surface area contributed by atoms with Crippen molar-refractivity contribution in [2.24, 2.45) is 11.8 Å². The summed E-state index contributed by atoms with van der Waals surface area (Å²) in [5.74, 6) is -4.56. The zero-order valence-corrected chi connectivity index (χ0v) is 31.9. The van der Waals surface area contributed by atoms with E-state index in [1.54, 1.807) is 32.1 Å². The molecule has 2 rings (SSSR count). The fourth-order valence-electron chi connectivity index (χ4n) is 5.54. The summed E-state index contributed by atoms with van der Waals surface area (Å²) in [4.78, 5) is 95.2. The number of esters is 2. The maximum Gasteiger partial charge on any atom is 0.334 e. The highest BCUT2D eigenvalue weighted by Gasteiger charge is 2.35. The van der Waals surface area contributed by atoms with Crippen LogP contribution in [0.25, 0.3) is 0 Å². The number of likely N-dealkylation sites (N-methyl/N-ethyl adjacent to an activating group) is 2. The number of hydrogen-bond donors (Lipinski definition) is 3. The first-order chi connectivity index (χ1) is 24.5. The Labute approximate surface area is 307 Å². The van der Waals surface area contributed by atoms with Crippen LogP contribution in [-0.4, -0.2) is 109 Å². The Hall–Kier alpha value is -4.75. The Morgan fingerprint density at radius 1 is 0.904 bits per heavy atom. The molecule has 1 heterocycles. The van der Waals surface area contributed by atoms with Crippen molar-refractivity contribution in [1.82, 2.24) is 25.8 Å². The highest BCUT2D eigenvalue weighted by Crippen LogP contribution is 2.16. The molecular formula is C38H57N5O9. The van der Waals surface area contributed by atoms with E-state index in [0.29, 0.717) is 31.3 Å². The molecule has 5 atom stereocenters. The summed E-state index contributed by atoms with van der Waals surface area (Å²) in [5, 5.41) is 7.90. The molecule has 1 aromatic carbocycles. The quantitative estimate of drug-likeness (QED) is 0.371. The van der Waals surface area contributed by atoms with Crippen LogP contribution in [0.2, 0.25) is 0 Å². The summed E-state index contributed by atoms with van der Waals surface area (Å²) in [6, 6.07) is 5.91. The molecule has 3 N–H and O–H groups in total. The van der Waals surface area contributed by atoms with Crippen molar-refractivity contribution < 1.29 is 43.0 Å². The van der Waals surface area contributed by atoms with Crippen molar-refractivity contribution in [3.8, 4) is 0 Å². The zero-order chi connectivity index (χ0) is 39.0. The van der Waals surface area contributed by atoms with E-state index >= 15 is 0 Å². The monoisotopic (exact) mass is 727 g/mol. The molecule has 0 saturated heterocycles. The van der Waals surface area contributed by atoms with Crippen molar-refractivity contribution >= 4 is 41.5 Å². The smallest absolute Gasteiger partial charge is 0.334 e. The molecule has 5 amide bonds. The molecule has 1 aromatic rings. The van der Waals surface area contributed by atoms with Crippen LogP contribution in [0.3, 0.4) is 0 Å². The Balaban J connectivity index is 2.43. The highest BCUT2D eigenvalue weighted by atomic mass is 16.5. The van der Waals surface area contributed by atoms with Gasteiger partial charge in [0.2, 0.25) is 23.6 Å². The molecule has 14 heteroatoms. The lowest BCUT2D eigenvalue weighted by atomic mass is 9.98. The molecule has 0 spiro atoms. The van der Waals surface area contributed by atoms with E-state index in [-0.39, 0.29) is 31.3 Å². The number of rotatable bonds is 6. The van der Waals surface area contributed by atoms with Crippen LogP contribution in [0.5, 0.6) is 0 Å². The van der Waals surface area contributed by atoms with E-state index in [4.69, 9.17) is 9.47 Å². The molecule has 0 aromatic heterocycles. The van der Waals surface area contributed by atoms with Crippen LogP contribution >= 0.6 is 0 Å². The summed E-state index contributed by atoms with van der Waals surface area (Å²) in [7, 11) is 2.88. The topological polar surface area (TPSA) is 181 Å². The molecule has 288 valence electrons. The van der Waals surface area contributed by atoms with Crippen LogP contribution < -0.4 is 16.0 Å². The second-order valence-corrected chi connectivity index (χ2v) is 13.9. The maximum absolute atomic E-state index is 14.0. The standard InChI is InChI=1S/C38H57N5O9/c1-9-25(4)33-35(47)39-22-32(45)51-19-15-11-12-16-26(5)38(50)52-30(20-24(2)3)34(46)40-27(6)36(48)43(8)29(21-28-17-13-10-14-18-28)37(49)42(7)23-31(44)41-33/h10,13-14,16-18,24-25,27,29-30,33H,9,11-12,15,19-23H2,1-8H3,(H,39,47)(H,40,46)(H,41,44)/b26-16+/t25?,27-,29+,30+,33-/m0/s1. The van der Waals surface area contributed by atoms with E-state index < -0.39 is 78.8 Å². The van der Waals surface area contributed by atoms with Gasteiger partial charge in [-0.2, -0.15) is 0 Å². The first kappa shape index (κ1) is 43.4. The Morgan fingerprint density at radius 2 is 1.58 bits per heavy atom. The minimum absolute atomic E-state index is 0.0149. The molecule has 1 aliphatic rings. The predicted octanol–water partition coefficient (Wildman–Crippen LogP) is 2.30. The fraction of sp³-hybridized carbons (Fsp3) is 0.605. The Kier molecular flexibility index (Phi) is 18.0. The molecule has 1 unspecified atom stereocenters. The molecule has 0 aliphatic carbocycles. The summed E-state index contributed by atoms with van der Waals surface area (Å²) >= 11 is 0. The number of hydrogen-bond acceptors (Lipinski definition) is 9. The lowest BCUT2D eigenvalue weighted by molar-refractivity contribution is -0.154. The fourth-order valence-corrected chi connectivity index (χ4v) is 5.54. The number of allylic oxidation sites excluding steroid dienone is 1. The molecule has 0 bridgehead atoms. The Bertz CT molecular complexity index is 1430. The molecule has 0 saturated carbocycles. The maximum atomic E-state index is 14.0. The van der Waals surface area contributed by atoms with Crippen LogP contribution in [0, 0.1) is 11.8 Å². The van der Waals surface area contributed by atoms with Crippen LogP contribution in [0.1, 0.15) is 79.2 Å². The third kappa shape index (κ3) is 14.1. The minimum Gasteiger partial charge on any atom is -0.464 e. The first-order valence-electron chi connectivity index (χ1n) is 18.0. The third-order valence-corrected chi connectivity index (χ3v) is 8.94. The van der Waals surface area contributed by atoms with Crippen molar-refractivity contribution in [3.05, 3.63) is 47.5 Å². The molecule has 14 nitrogen and oxygen atoms in total. The number of nitrogens with one attached hydrogen (secondary N) is 3. The van der Waals surface area contributed by atoms with E-state index in [1.807, 2.05) is 39.0 Å². The predicted molar refractivity (Wildman–Crippen MR) is 194 cm³/mol. The van der Waals surface area contributed by atoms with E-state index in [9.17, 15) is 33.6 Å². The van der Waals surface area contributed by atoms with Gasteiger partial charge in [-0.3, -0.25) is 28.8 Å². The number of ether oxygens (including phenoxy) is 2. The molecule has 52 heavy (non-hydrogen) atoms. The van der Waals surface area contributed by atoms with Crippen molar-refractivity contribution in [2.75, 3.05) is 33.8 Å². The van der Waals surface area contributed by atoms with Gasteiger partial charge in [-0.15, -0.1) is 0 Å². The summed E-state index contributed by atoms with van der Waals surface area (Å²) in [6.45, 7) is 9.77. The van der Waals surface area contributed by atoms with Gasteiger partial charge in [0.1, 0.15) is 24.7 Å². The number of carbonyl (C=O) groups is 7. The molecule has 0 fully saturated rings. The molecular weight excluding hydrogens is 670 g/mol. The van der Waals surface area contributed by atoms with Gasteiger partial charge in [0.05, 0.1) is 13.2 Å². The van der Waals surface area contributed by atoms with Crippen LogP contribution in [0.4, 0.5) is 0 Å². The van der Waals surface area contributed by atoms with Gasteiger partial charge in [0.15, 0.2) is 6.10 Å². The van der Waals surface area contributed by atoms with Gasteiger partial charge in [-0.1, -0.05) is 70.5 Å². The summed E-state index contributed by atoms with van der Waals surface area (Å²) in [6.07, 6.45) is 2.98. The minimum atomic E-state index is -1.17. The average molecular weight is 728 g/mol. The summed E-state index contributed by atoms with van der Waals surface area (Å²) < 4.78 is 10.8. The van der Waals surface area contributed by atoms with E-state index in [2.05, 4.69) is 16.0 Å². The second kappa shape index (κ2) is 21.6. The zero-order valence-electron chi connectivity index (χ0n) is 31.9. The van der Waals surface area contributed by atoms with Gasteiger partial charge in [-0.25, -0.2) is 4.79 Å². The Morgan fingerprint density at radius 3 is 2.21 bits per heavy atom. The van der Waals surface area contributed by atoms with Gasteiger partial charge in [0.25, 0.3) is 5.91 Å². The highest BCUT2D eigenvalue weighted by molar-refractivity contribution is 5.96. The number of carbonyl (C=O) groups excluding carboxylic acids is 7. The number of amides is 5. The average Bonchev–Trinajstić information content (AvgIpc) is 3.11. The van der Waals surface area contributed by atoms with Gasteiger partial charge in [0, 0.05) is 26.1 Å². The van der Waals surface area contributed by atoms with Crippen molar-refractivity contribution in [3.63, 3.8) is 0 Å². The third-order valence-electron chi connectivity index (χ3n) is 8.94. The van der Waals surface area contributed by atoms with Gasteiger partial charge in [-0.05, 0) is 56.9 Å². The normalized spacial score (nSPS) is 24.9. The van der Waals surface area contributed by atoms with Crippen LogP contribution in [0.15, 0.2) is 42.0 Å². The van der Waals surface area contributed by atoms with Gasteiger partial charge >= 0.3 is 11.9 Å². The second-order valence-electron chi connectivity index (χ2n) is 13.9. The lowest BCUT2D eigenvalue weighted by Crippen LogP contribution is -2.57. The SMILES string of the molecule is CCC(C)[C@@H]1NC(=O)CN(C)C(=O)[C@@H](Cc2ccccc2)N(C)C(=O)[C@H](C)NC(=O)[C@@H](CC(C)C)OC(=O)/C(C)=C/CCCCOC(=O)CNC1=O. The first-order valence-corrected chi connectivity index (χ1v) is 18.0. The molecule has 1 aliphatic heterocycles. The molecule has 0 radical (unpaired) electrons. The summed E-state index contributed by atoms with van der Waals surface area (Å²) in [5.41, 5.74) is 1.06. The largest absolute Gasteiger partial charge is 0.464 e. The number of cyclic esters (lactones) is 2. The van der Waals surface area contributed by atoms with Crippen molar-refractivity contribution in [2.45, 2.75) is 104 Å². The number of nitrogens with zero attached hydrogens (tertiary/aromatic N) is 2. The lowest BCUT2D eigenvalue weighted by Gasteiger charge is -2.33. The van der Waals surface area contributed by atoms with E-state index in [1.165, 1.54) is 30.8 Å². The van der Waals surface area contributed by atoms with Crippen LogP contribution in [-0.2, 0) is 49.5 Å².